The molecule has 1 aromatic heterocycles. The Balaban J connectivity index is 1.88. The molecule has 0 amide bonds. The second kappa shape index (κ2) is 7.21. The summed E-state index contributed by atoms with van der Waals surface area (Å²) in [6.07, 6.45) is 1.92. The van der Waals surface area contributed by atoms with Gasteiger partial charge in [0.25, 0.3) is 10.0 Å². The minimum Gasteiger partial charge on any atom is -0.447 e. The summed E-state index contributed by atoms with van der Waals surface area (Å²) in [7, 11) is -3.56. The molecule has 0 saturated carbocycles. The lowest BCUT2D eigenvalue weighted by molar-refractivity contribution is 0.186. The Kier molecular flexibility index (Phi) is 5.59. The van der Waals surface area contributed by atoms with E-state index in [2.05, 4.69) is 17.0 Å². The summed E-state index contributed by atoms with van der Waals surface area (Å²) in [6.45, 7) is 5.21. The maximum absolute atomic E-state index is 12.1. The van der Waals surface area contributed by atoms with E-state index in [9.17, 15) is 8.42 Å². The fourth-order valence-corrected chi connectivity index (χ4v) is 3.09. The van der Waals surface area contributed by atoms with Gasteiger partial charge in [0, 0.05) is 13.2 Å². The minimum absolute atomic E-state index is 0.0234. The van der Waals surface area contributed by atoms with Crippen molar-refractivity contribution < 1.29 is 17.6 Å². The van der Waals surface area contributed by atoms with Gasteiger partial charge in [0.1, 0.15) is 5.76 Å². The molecule has 0 aliphatic carbocycles. The topological polar surface area (TPSA) is 80.6 Å². The molecule has 1 aliphatic heterocycles. The van der Waals surface area contributed by atoms with E-state index >= 15 is 0 Å². The Morgan fingerprint density at radius 1 is 1.40 bits per heavy atom. The van der Waals surface area contributed by atoms with Crippen LogP contribution in [0.25, 0.3) is 0 Å². The predicted molar refractivity (Wildman–Crippen MR) is 74.8 cm³/mol. The Hall–Kier alpha value is -0.890. The molecule has 0 bridgehead atoms. The van der Waals surface area contributed by atoms with Crippen LogP contribution in [-0.2, 0) is 21.3 Å². The molecular formula is C13H22N2O4S. The van der Waals surface area contributed by atoms with Gasteiger partial charge in [-0.25, -0.2) is 13.1 Å². The Bertz CT molecular complexity index is 506. The average Bonchev–Trinajstić information content (AvgIpc) is 3.08. The molecule has 2 N–H and O–H groups in total. The standard InChI is InChI=1S/C13H22N2O4S/c1-2-6-14-9-12-3-4-13(19-12)20(16,17)15-8-11-5-7-18-10-11/h3-4,11,14-15H,2,5-10H2,1H3. The highest BCUT2D eigenvalue weighted by atomic mass is 32.2. The van der Waals surface area contributed by atoms with E-state index in [1.807, 2.05) is 0 Å². The summed E-state index contributed by atoms with van der Waals surface area (Å²) in [5.74, 6) is 0.883. The van der Waals surface area contributed by atoms with Gasteiger partial charge in [0.15, 0.2) is 0 Å². The molecule has 0 aromatic carbocycles. The van der Waals surface area contributed by atoms with E-state index in [0.29, 0.717) is 32.1 Å². The van der Waals surface area contributed by atoms with Gasteiger partial charge in [-0.15, -0.1) is 0 Å². The van der Waals surface area contributed by atoms with Gasteiger partial charge in [0.05, 0.1) is 13.2 Å². The molecule has 1 aromatic rings. The summed E-state index contributed by atoms with van der Waals surface area (Å²) in [5, 5.41) is 3.14. The van der Waals surface area contributed by atoms with Crippen LogP contribution in [-0.4, -0.2) is 34.7 Å². The third-order valence-corrected chi connectivity index (χ3v) is 4.51. The summed E-state index contributed by atoms with van der Waals surface area (Å²) < 4.78 is 37.3. The van der Waals surface area contributed by atoms with E-state index in [-0.39, 0.29) is 11.0 Å². The van der Waals surface area contributed by atoms with Crippen molar-refractivity contribution in [1.82, 2.24) is 10.0 Å². The van der Waals surface area contributed by atoms with Gasteiger partial charge in [-0.2, -0.15) is 0 Å². The van der Waals surface area contributed by atoms with Crippen molar-refractivity contribution >= 4 is 10.0 Å². The predicted octanol–water partition coefficient (Wildman–Crippen LogP) is 1.09. The number of sulfonamides is 1. The fourth-order valence-electron chi connectivity index (χ4n) is 2.03. The SMILES string of the molecule is CCCNCc1ccc(S(=O)(=O)NCC2CCOC2)o1. The van der Waals surface area contributed by atoms with E-state index in [1.54, 1.807) is 6.07 Å². The van der Waals surface area contributed by atoms with Crippen LogP contribution >= 0.6 is 0 Å². The first kappa shape index (κ1) is 15.5. The normalized spacial score (nSPS) is 19.6. The van der Waals surface area contributed by atoms with Crippen molar-refractivity contribution in [2.75, 3.05) is 26.3 Å². The average molecular weight is 302 g/mol. The van der Waals surface area contributed by atoms with Gasteiger partial charge in [-0.05, 0) is 37.4 Å². The molecule has 1 fully saturated rings. The lowest BCUT2D eigenvalue weighted by Gasteiger charge is -2.08. The van der Waals surface area contributed by atoms with Gasteiger partial charge < -0.3 is 14.5 Å². The van der Waals surface area contributed by atoms with E-state index < -0.39 is 10.0 Å². The van der Waals surface area contributed by atoms with Crippen molar-refractivity contribution in [1.29, 1.82) is 0 Å². The molecule has 1 aliphatic rings. The van der Waals surface area contributed by atoms with Crippen LogP contribution in [0.5, 0.6) is 0 Å². The molecule has 1 atom stereocenters. The van der Waals surface area contributed by atoms with Crippen molar-refractivity contribution in [3.05, 3.63) is 17.9 Å². The number of hydrogen-bond acceptors (Lipinski definition) is 5. The van der Waals surface area contributed by atoms with Crippen molar-refractivity contribution in [2.24, 2.45) is 5.92 Å². The van der Waals surface area contributed by atoms with Gasteiger partial charge in [0.2, 0.25) is 5.09 Å². The molecule has 7 heteroatoms. The highest BCUT2D eigenvalue weighted by molar-refractivity contribution is 7.89. The molecule has 2 heterocycles. The minimum atomic E-state index is -3.56. The largest absolute Gasteiger partial charge is 0.447 e. The lowest BCUT2D eigenvalue weighted by Crippen LogP contribution is -2.29. The number of hydrogen-bond donors (Lipinski definition) is 2. The molecule has 2 rings (SSSR count). The summed E-state index contributed by atoms with van der Waals surface area (Å²) in [4.78, 5) is 0. The van der Waals surface area contributed by atoms with Crippen LogP contribution in [0.3, 0.4) is 0 Å². The number of rotatable bonds is 8. The third kappa shape index (κ3) is 4.31. The molecule has 6 nitrogen and oxygen atoms in total. The van der Waals surface area contributed by atoms with E-state index in [0.717, 1.165) is 19.4 Å². The van der Waals surface area contributed by atoms with Gasteiger partial charge in [-0.3, -0.25) is 0 Å². The maximum Gasteiger partial charge on any atom is 0.273 e. The summed E-state index contributed by atoms with van der Waals surface area (Å²) in [5.41, 5.74) is 0. The Labute approximate surface area is 119 Å². The quantitative estimate of drug-likeness (QED) is 0.703. The molecule has 0 spiro atoms. The van der Waals surface area contributed by atoms with Gasteiger partial charge in [-0.1, -0.05) is 6.92 Å². The first-order valence-electron chi connectivity index (χ1n) is 6.98. The molecule has 114 valence electrons. The fraction of sp³-hybridized carbons (Fsp3) is 0.692. The zero-order chi connectivity index (χ0) is 14.4. The van der Waals surface area contributed by atoms with E-state index in [1.165, 1.54) is 6.07 Å². The molecule has 0 radical (unpaired) electrons. The highest BCUT2D eigenvalue weighted by Crippen LogP contribution is 2.16. The number of nitrogens with one attached hydrogen (secondary N) is 2. The second-order valence-electron chi connectivity index (χ2n) is 4.98. The molecular weight excluding hydrogens is 280 g/mol. The lowest BCUT2D eigenvalue weighted by atomic mass is 10.1. The maximum atomic E-state index is 12.1. The summed E-state index contributed by atoms with van der Waals surface area (Å²) >= 11 is 0. The third-order valence-electron chi connectivity index (χ3n) is 3.21. The monoisotopic (exact) mass is 302 g/mol. The molecule has 20 heavy (non-hydrogen) atoms. The van der Waals surface area contributed by atoms with E-state index in [4.69, 9.17) is 9.15 Å². The van der Waals surface area contributed by atoms with Crippen molar-refractivity contribution in [2.45, 2.75) is 31.4 Å². The second-order valence-corrected chi connectivity index (χ2v) is 6.68. The number of furan rings is 1. The Morgan fingerprint density at radius 3 is 2.95 bits per heavy atom. The first-order chi connectivity index (χ1) is 9.62. The zero-order valence-corrected chi connectivity index (χ0v) is 12.5. The smallest absolute Gasteiger partial charge is 0.273 e. The van der Waals surface area contributed by atoms with Crippen molar-refractivity contribution in [3.8, 4) is 0 Å². The van der Waals surface area contributed by atoms with Crippen LogP contribution < -0.4 is 10.0 Å². The highest BCUT2D eigenvalue weighted by Gasteiger charge is 2.22. The molecule has 1 saturated heterocycles. The first-order valence-corrected chi connectivity index (χ1v) is 8.47. The zero-order valence-electron chi connectivity index (χ0n) is 11.7. The van der Waals surface area contributed by atoms with Crippen LogP contribution in [0.15, 0.2) is 21.6 Å². The van der Waals surface area contributed by atoms with Gasteiger partial charge >= 0.3 is 0 Å². The summed E-state index contributed by atoms with van der Waals surface area (Å²) in [6, 6.07) is 3.19. The van der Waals surface area contributed by atoms with Crippen LogP contribution in [0.2, 0.25) is 0 Å². The molecule has 1 unspecified atom stereocenters. The van der Waals surface area contributed by atoms with Crippen LogP contribution in [0.1, 0.15) is 25.5 Å². The van der Waals surface area contributed by atoms with Crippen LogP contribution in [0, 0.1) is 5.92 Å². The van der Waals surface area contributed by atoms with Crippen LogP contribution in [0.4, 0.5) is 0 Å². The Morgan fingerprint density at radius 2 is 2.25 bits per heavy atom. The van der Waals surface area contributed by atoms with Crippen molar-refractivity contribution in [3.63, 3.8) is 0 Å². The number of ether oxygens (including phenoxy) is 1.